The van der Waals surface area contributed by atoms with Gasteiger partial charge in [0.25, 0.3) is 11.8 Å². The van der Waals surface area contributed by atoms with Crippen LogP contribution in [0.3, 0.4) is 0 Å². The average Bonchev–Trinajstić information content (AvgIpc) is 3.04. The Morgan fingerprint density at radius 3 is 2.58 bits per heavy atom. The maximum absolute atomic E-state index is 12.1. The lowest BCUT2D eigenvalue weighted by atomic mass is 10.1. The number of carbonyl (C=O) groups excluding carboxylic acids is 2. The summed E-state index contributed by atoms with van der Waals surface area (Å²) in [7, 11) is 0. The highest BCUT2D eigenvalue weighted by molar-refractivity contribution is 7.17. The number of hydrogen-bond acceptors (Lipinski definition) is 4. The number of hydrogen-bond donors (Lipinski definition) is 2. The van der Waals surface area contributed by atoms with Gasteiger partial charge in [-0.25, -0.2) is 0 Å². The Labute approximate surface area is 152 Å². The zero-order valence-electron chi connectivity index (χ0n) is 12.5. The number of ether oxygens (including phenoxy) is 1. The fourth-order valence-electron chi connectivity index (χ4n) is 2.68. The van der Waals surface area contributed by atoms with Gasteiger partial charge in [0, 0.05) is 14.9 Å². The number of rotatable bonds is 5. The van der Waals surface area contributed by atoms with Crippen LogP contribution in [0.1, 0.15) is 27.2 Å². The van der Waals surface area contributed by atoms with Crippen LogP contribution in [0.25, 0.3) is 0 Å². The van der Waals surface area contributed by atoms with Crippen LogP contribution >= 0.6 is 34.5 Å². The molecule has 0 aliphatic heterocycles. The Bertz CT molecular complexity index is 800. The molecule has 0 atom stereocenters. The predicted molar refractivity (Wildman–Crippen MR) is 95.4 cm³/mol. The van der Waals surface area contributed by atoms with Crippen LogP contribution in [0.2, 0.25) is 10.0 Å². The number of thiophene rings is 1. The highest BCUT2D eigenvalue weighted by Gasteiger charge is 2.26. The van der Waals surface area contributed by atoms with Gasteiger partial charge in [-0.15, -0.1) is 11.3 Å². The molecule has 0 fully saturated rings. The second-order valence-corrected chi connectivity index (χ2v) is 7.35. The summed E-state index contributed by atoms with van der Waals surface area (Å²) in [5.41, 5.74) is 6.85. The molecule has 8 heteroatoms. The number of nitrogens with two attached hydrogens (primary N) is 1. The lowest BCUT2D eigenvalue weighted by molar-refractivity contribution is -0.118. The van der Waals surface area contributed by atoms with Crippen molar-refractivity contribution in [1.29, 1.82) is 0 Å². The topological polar surface area (TPSA) is 81.4 Å². The molecule has 24 heavy (non-hydrogen) atoms. The molecule has 1 aliphatic carbocycles. The molecule has 0 bridgehead atoms. The first-order valence-electron chi connectivity index (χ1n) is 7.27. The smallest absolute Gasteiger partial charge is 0.262 e. The van der Waals surface area contributed by atoms with Gasteiger partial charge in [0.05, 0.1) is 5.56 Å². The lowest BCUT2D eigenvalue weighted by Crippen LogP contribution is -2.22. The number of primary amides is 1. The van der Waals surface area contributed by atoms with Crippen LogP contribution in [-0.4, -0.2) is 18.4 Å². The van der Waals surface area contributed by atoms with E-state index in [9.17, 15) is 9.59 Å². The van der Waals surface area contributed by atoms with Crippen molar-refractivity contribution in [2.24, 2.45) is 5.73 Å². The third kappa shape index (κ3) is 3.66. The number of nitrogens with one attached hydrogen (secondary N) is 1. The number of aryl methyl sites for hydroxylation is 1. The zero-order chi connectivity index (χ0) is 17.3. The predicted octanol–water partition coefficient (Wildman–Crippen LogP) is 3.66. The van der Waals surface area contributed by atoms with Gasteiger partial charge in [-0.05, 0) is 43.0 Å². The summed E-state index contributed by atoms with van der Waals surface area (Å²) in [6.07, 6.45) is 2.74. The first-order valence-corrected chi connectivity index (χ1v) is 8.84. The standard InChI is InChI=1S/C16H14Cl2N2O3S/c17-8-4-9(18)6-10(5-8)23-7-13(21)20-16-14(15(19)22)11-2-1-3-12(11)24-16/h4-6H,1-3,7H2,(H2,19,22)(H,20,21). The molecule has 2 aromatic rings. The summed E-state index contributed by atoms with van der Waals surface area (Å²) in [5.74, 6) is -0.507. The molecule has 1 heterocycles. The Morgan fingerprint density at radius 2 is 1.92 bits per heavy atom. The van der Waals surface area contributed by atoms with Crippen molar-refractivity contribution in [1.82, 2.24) is 0 Å². The van der Waals surface area contributed by atoms with Crippen LogP contribution in [0.4, 0.5) is 5.00 Å². The van der Waals surface area contributed by atoms with Crippen LogP contribution < -0.4 is 15.8 Å². The third-order valence-electron chi connectivity index (χ3n) is 3.63. The molecule has 0 radical (unpaired) electrons. The molecule has 3 N–H and O–H groups in total. The van der Waals surface area contributed by atoms with Crippen LogP contribution in [-0.2, 0) is 17.6 Å². The van der Waals surface area contributed by atoms with Gasteiger partial charge in [0.15, 0.2) is 6.61 Å². The van der Waals surface area contributed by atoms with E-state index in [1.807, 2.05) is 0 Å². The Balaban J connectivity index is 1.68. The summed E-state index contributed by atoms with van der Waals surface area (Å²) in [6.45, 7) is -0.225. The molecular formula is C16H14Cl2N2O3S. The van der Waals surface area contributed by atoms with Crippen molar-refractivity contribution >= 4 is 51.4 Å². The van der Waals surface area contributed by atoms with Crippen LogP contribution in [0.15, 0.2) is 18.2 Å². The molecule has 2 amide bonds. The summed E-state index contributed by atoms with van der Waals surface area (Å²) in [5, 5.41) is 4.04. The Hall–Kier alpha value is -1.76. The van der Waals surface area contributed by atoms with E-state index in [2.05, 4.69) is 5.32 Å². The molecule has 126 valence electrons. The van der Waals surface area contributed by atoms with Gasteiger partial charge < -0.3 is 15.8 Å². The third-order valence-corrected chi connectivity index (χ3v) is 5.27. The van der Waals surface area contributed by atoms with Gasteiger partial charge in [0.1, 0.15) is 10.8 Å². The van der Waals surface area contributed by atoms with E-state index in [4.69, 9.17) is 33.7 Å². The minimum atomic E-state index is -0.521. The van der Waals surface area contributed by atoms with Crippen LogP contribution in [0.5, 0.6) is 5.75 Å². The minimum Gasteiger partial charge on any atom is -0.484 e. The molecule has 0 spiro atoms. The Kier molecular flexibility index (Phi) is 4.99. The number of amides is 2. The molecule has 0 saturated heterocycles. The fourth-order valence-corrected chi connectivity index (χ4v) is 4.49. The number of carbonyl (C=O) groups is 2. The summed E-state index contributed by atoms with van der Waals surface area (Å²) in [4.78, 5) is 24.9. The highest BCUT2D eigenvalue weighted by Crippen LogP contribution is 2.38. The number of fused-ring (bicyclic) bond motifs is 1. The second kappa shape index (κ2) is 7.01. The van der Waals surface area contributed by atoms with Crippen molar-refractivity contribution in [2.45, 2.75) is 19.3 Å². The fraction of sp³-hybridized carbons (Fsp3) is 0.250. The second-order valence-electron chi connectivity index (χ2n) is 5.37. The normalized spacial score (nSPS) is 12.8. The van der Waals surface area contributed by atoms with Gasteiger partial charge in [-0.3, -0.25) is 9.59 Å². The largest absolute Gasteiger partial charge is 0.484 e. The van der Waals surface area contributed by atoms with E-state index in [0.29, 0.717) is 26.4 Å². The van der Waals surface area contributed by atoms with Crippen molar-refractivity contribution in [3.8, 4) is 5.75 Å². The molecule has 5 nitrogen and oxygen atoms in total. The van der Waals surface area contributed by atoms with E-state index >= 15 is 0 Å². The summed E-state index contributed by atoms with van der Waals surface area (Å²) in [6, 6.07) is 4.70. The molecule has 3 rings (SSSR count). The minimum absolute atomic E-state index is 0.225. The maximum Gasteiger partial charge on any atom is 0.262 e. The Morgan fingerprint density at radius 1 is 1.21 bits per heavy atom. The average molecular weight is 385 g/mol. The SMILES string of the molecule is NC(=O)c1c(NC(=O)COc2cc(Cl)cc(Cl)c2)sc2c1CCC2. The summed E-state index contributed by atoms with van der Waals surface area (Å²) < 4.78 is 5.39. The molecule has 0 unspecified atom stereocenters. The van der Waals surface area contributed by atoms with E-state index in [1.54, 1.807) is 18.2 Å². The molecular weight excluding hydrogens is 371 g/mol. The highest BCUT2D eigenvalue weighted by atomic mass is 35.5. The van der Waals surface area contributed by atoms with Crippen molar-refractivity contribution in [2.75, 3.05) is 11.9 Å². The van der Waals surface area contributed by atoms with Crippen LogP contribution in [0, 0.1) is 0 Å². The quantitative estimate of drug-likeness (QED) is 0.824. The molecule has 1 aromatic heterocycles. The molecule has 0 saturated carbocycles. The maximum atomic E-state index is 12.1. The van der Waals surface area contributed by atoms with E-state index in [0.717, 1.165) is 29.7 Å². The number of anilines is 1. The van der Waals surface area contributed by atoms with Crippen molar-refractivity contribution < 1.29 is 14.3 Å². The first-order chi connectivity index (χ1) is 11.4. The van der Waals surface area contributed by atoms with E-state index in [-0.39, 0.29) is 12.5 Å². The molecule has 1 aromatic carbocycles. The lowest BCUT2D eigenvalue weighted by Gasteiger charge is -2.08. The molecule has 1 aliphatic rings. The van der Waals surface area contributed by atoms with Gasteiger partial charge in [0.2, 0.25) is 0 Å². The van der Waals surface area contributed by atoms with Gasteiger partial charge >= 0.3 is 0 Å². The first kappa shape index (κ1) is 17.1. The monoisotopic (exact) mass is 384 g/mol. The van der Waals surface area contributed by atoms with E-state index < -0.39 is 5.91 Å². The van der Waals surface area contributed by atoms with Crippen molar-refractivity contribution in [3.05, 3.63) is 44.2 Å². The van der Waals surface area contributed by atoms with Crippen molar-refractivity contribution in [3.63, 3.8) is 0 Å². The number of halogens is 2. The van der Waals surface area contributed by atoms with Gasteiger partial charge in [-0.2, -0.15) is 0 Å². The number of benzene rings is 1. The van der Waals surface area contributed by atoms with E-state index in [1.165, 1.54) is 11.3 Å². The van der Waals surface area contributed by atoms with Gasteiger partial charge in [-0.1, -0.05) is 23.2 Å². The summed E-state index contributed by atoms with van der Waals surface area (Å²) >= 11 is 13.2. The zero-order valence-corrected chi connectivity index (χ0v) is 14.9.